The van der Waals surface area contributed by atoms with Crippen LogP contribution in [0.1, 0.15) is 39.0 Å². The molecule has 4 N–H and O–H groups in total. The first kappa shape index (κ1) is 34.4. The highest BCUT2D eigenvalue weighted by molar-refractivity contribution is 6.45. The maximum Gasteiger partial charge on any atom is 0.325 e. The minimum absolute atomic E-state index is 0.00924. The van der Waals surface area contributed by atoms with Gasteiger partial charge in [0.2, 0.25) is 11.6 Å². The van der Waals surface area contributed by atoms with Gasteiger partial charge in [0.25, 0.3) is 0 Å². The minimum Gasteiger partial charge on any atom is -0.507 e. The largest absolute Gasteiger partial charge is 0.507 e. The topological polar surface area (TPSA) is 211 Å². The lowest BCUT2D eigenvalue weighted by Gasteiger charge is -2.13. The summed E-state index contributed by atoms with van der Waals surface area (Å²) in [6.45, 7) is 0.983. The monoisotopic (exact) mass is 756 g/mol. The molecule has 0 spiro atoms. The first-order valence-corrected chi connectivity index (χ1v) is 15.7. The van der Waals surface area contributed by atoms with Crippen LogP contribution < -0.4 is 0 Å². The molecule has 6 rings (SSSR count). The SMILES string of the molecule is CC(=O)Cn1cc(-c2ccc(C(=O)c3cc(Cl)c(Cl)n3-c3c(C(=O)c4ccc(-c5cn(CC(=O)O)nn5)cc4O)[nH]c(Cl)c3Cl)c(O)c2)nn1. The zero-order chi connectivity index (χ0) is 36.0. The zero-order valence-electron chi connectivity index (χ0n) is 25.2. The molecule has 0 aliphatic carbocycles. The van der Waals surface area contributed by atoms with Crippen molar-refractivity contribution in [3.05, 3.63) is 97.7 Å². The highest BCUT2D eigenvalue weighted by atomic mass is 35.5. The molecule has 0 saturated heterocycles. The summed E-state index contributed by atoms with van der Waals surface area (Å²) in [6.07, 6.45) is 2.87. The summed E-state index contributed by atoms with van der Waals surface area (Å²) >= 11 is 25.8. The molecule has 4 heterocycles. The van der Waals surface area contributed by atoms with E-state index in [2.05, 4.69) is 25.6 Å². The molecule has 0 saturated carbocycles. The first-order valence-electron chi connectivity index (χ1n) is 14.1. The van der Waals surface area contributed by atoms with E-state index in [0.29, 0.717) is 16.8 Å². The van der Waals surface area contributed by atoms with Crippen LogP contribution in [0.15, 0.2) is 54.9 Å². The van der Waals surface area contributed by atoms with Crippen molar-refractivity contribution in [2.75, 3.05) is 0 Å². The number of carbonyl (C=O) groups excluding carboxylic acids is 3. The van der Waals surface area contributed by atoms with Crippen molar-refractivity contribution in [2.45, 2.75) is 20.0 Å². The number of nitrogens with zero attached hydrogens (tertiary/aromatic N) is 7. The van der Waals surface area contributed by atoms with Gasteiger partial charge >= 0.3 is 5.97 Å². The van der Waals surface area contributed by atoms with Crippen molar-refractivity contribution in [3.8, 4) is 39.7 Å². The molecule has 0 unspecified atom stereocenters. The molecule has 0 fully saturated rings. The van der Waals surface area contributed by atoms with Gasteiger partial charge in [-0.05, 0) is 37.3 Å². The van der Waals surface area contributed by atoms with Gasteiger partial charge in [0.05, 0.1) is 39.9 Å². The van der Waals surface area contributed by atoms with Gasteiger partial charge in [0.1, 0.15) is 57.0 Å². The number of benzene rings is 2. The standard InChI is InChI=1S/C31H20Cl4N8O7/c1-13(44)9-41-10-19(37-39-41)14-2-4-16(22(45)6-14)28(49)21-8-18(32)31(35)43(21)27-25(33)30(34)36-26(27)29(50)17-5-3-15(7-23(17)46)20-11-42(40-38-20)12-24(47)48/h2-8,10-11,36,45-46H,9,12H2,1H3,(H,47,48). The number of phenolic OH excluding ortho intramolecular Hbond substituents is 2. The quantitative estimate of drug-likeness (QED) is 0.122. The molecule has 6 aromatic rings. The number of aliphatic carboxylic acids is 1. The molecule has 0 aliphatic rings. The molecule has 254 valence electrons. The second kappa shape index (κ2) is 13.4. The van der Waals surface area contributed by atoms with E-state index < -0.39 is 35.6 Å². The number of H-pyrrole nitrogens is 1. The van der Waals surface area contributed by atoms with Gasteiger partial charge in [-0.3, -0.25) is 23.7 Å². The Kier molecular flexibility index (Phi) is 9.24. The highest BCUT2D eigenvalue weighted by Crippen LogP contribution is 2.41. The number of Topliss-reactive ketones (excluding diaryl/α,β-unsaturated/α-hetero) is 1. The molecule has 19 heteroatoms. The van der Waals surface area contributed by atoms with Gasteiger partial charge in [-0.2, -0.15) is 0 Å². The lowest BCUT2D eigenvalue weighted by atomic mass is 10.0. The number of ketones is 3. The van der Waals surface area contributed by atoms with Gasteiger partial charge < -0.3 is 20.3 Å². The molecule has 0 radical (unpaired) electrons. The van der Waals surface area contributed by atoms with E-state index in [1.165, 1.54) is 66.5 Å². The summed E-state index contributed by atoms with van der Waals surface area (Å²) in [5.74, 6) is -3.75. The lowest BCUT2D eigenvalue weighted by Crippen LogP contribution is -2.13. The smallest absolute Gasteiger partial charge is 0.325 e. The normalized spacial score (nSPS) is 11.2. The minimum atomic E-state index is -1.13. The van der Waals surface area contributed by atoms with E-state index in [-0.39, 0.29) is 66.6 Å². The Hall–Kier alpha value is -5.48. The summed E-state index contributed by atoms with van der Waals surface area (Å²) < 4.78 is 3.52. The predicted octanol–water partition coefficient (Wildman–Crippen LogP) is 5.48. The number of halogens is 4. The first-order chi connectivity index (χ1) is 23.7. The zero-order valence-corrected chi connectivity index (χ0v) is 28.3. The van der Waals surface area contributed by atoms with Crippen LogP contribution in [-0.4, -0.2) is 78.2 Å². The van der Waals surface area contributed by atoms with Crippen LogP contribution in [0.5, 0.6) is 11.5 Å². The van der Waals surface area contributed by atoms with E-state index in [0.717, 1.165) is 9.25 Å². The highest BCUT2D eigenvalue weighted by Gasteiger charge is 2.31. The number of carbonyl (C=O) groups is 4. The Morgan fingerprint density at radius 3 is 1.84 bits per heavy atom. The van der Waals surface area contributed by atoms with Crippen LogP contribution in [-0.2, 0) is 22.7 Å². The predicted molar refractivity (Wildman–Crippen MR) is 180 cm³/mol. The Morgan fingerprint density at radius 1 is 0.780 bits per heavy atom. The number of aromatic nitrogens is 8. The van der Waals surface area contributed by atoms with Crippen molar-refractivity contribution in [2.24, 2.45) is 0 Å². The van der Waals surface area contributed by atoms with Crippen LogP contribution in [0.25, 0.3) is 28.2 Å². The van der Waals surface area contributed by atoms with Crippen LogP contribution in [0.2, 0.25) is 20.4 Å². The molecule has 2 aromatic carbocycles. The maximum absolute atomic E-state index is 13.9. The van der Waals surface area contributed by atoms with E-state index in [4.69, 9.17) is 51.5 Å². The van der Waals surface area contributed by atoms with Gasteiger partial charge in [-0.25, -0.2) is 9.36 Å². The van der Waals surface area contributed by atoms with Crippen molar-refractivity contribution < 1.29 is 34.5 Å². The molecule has 0 aliphatic heterocycles. The van der Waals surface area contributed by atoms with Gasteiger partial charge in [-0.15, -0.1) is 10.2 Å². The number of rotatable bonds is 11. The summed E-state index contributed by atoms with van der Waals surface area (Å²) in [5.41, 5.74) is 0.294. The lowest BCUT2D eigenvalue weighted by molar-refractivity contribution is -0.138. The third-order valence-electron chi connectivity index (χ3n) is 7.29. The summed E-state index contributed by atoms with van der Waals surface area (Å²) in [5, 5.41) is 45.6. The third kappa shape index (κ3) is 6.46. The number of hydrogen-bond acceptors (Lipinski definition) is 10. The van der Waals surface area contributed by atoms with Crippen LogP contribution in [0.3, 0.4) is 0 Å². The van der Waals surface area contributed by atoms with Crippen LogP contribution in [0, 0.1) is 0 Å². The Labute approximate surface area is 300 Å². The van der Waals surface area contributed by atoms with E-state index in [9.17, 15) is 29.4 Å². The van der Waals surface area contributed by atoms with Crippen molar-refractivity contribution in [3.63, 3.8) is 0 Å². The molecular weight excluding hydrogens is 738 g/mol. The number of carboxylic acids is 1. The Morgan fingerprint density at radius 2 is 1.32 bits per heavy atom. The van der Waals surface area contributed by atoms with E-state index in [1.807, 2.05) is 0 Å². The molecule has 0 bridgehead atoms. The molecular formula is C31H20Cl4N8O7. The second-order valence-electron chi connectivity index (χ2n) is 10.8. The fourth-order valence-electron chi connectivity index (χ4n) is 5.08. The second-order valence-corrected chi connectivity index (χ2v) is 12.3. The summed E-state index contributed by atoms with van der Waals surface area (Å²) in [4.78, 5) is 52.9. The van der Waals surface area contributed by atoms with Crippen LogP contribution >= 0.6 is 46.4 Å². The maximum atomic E-state index is 13.9. The van der Waals surface area contributed by atoms with Gasteiger partial charge in [-0.1, -0.05) is 69.0 Å². The van der Waals surface area contributed by atoms with E-state index in [1.54, 1.807) is 0 Å². The average Bonchev–Trinajstić information content (AvgIpc) is 3.84. The summed E-state index contributed by atoms with van der Waals surface area (Å²) in [7, 11) is 0. The van der Waals surface area contributed by atoms with Crippen molar-refractivity contribution in [1.29, 1.82) is 0 Å². The molecule has 15 nitrogen and oxygen atoms in total. The number of aromatic hydroxyl groups is 2. The summed E-state index contributed by atoms with van der Waals surface area (Å²) in [6, 6.07) is 9.36. The molecule has 4 aromatic heterocycles. The Bertz CT molecular complexity index is 2210. The molecule has 0 amide bonds. The number of nitrogens with one attached hydrogen (secondary N) is 1. The van der Waals surface area contributed by atoms with Crippen LogP contribution in [0.4, 0.5) is 0 Å². The molecule has 50 heavy (non-hydrogen) atoms. The van der Waals surface area contributed by atoms with Gasteiger partial charge in [0.15, 0.2) is 5.78 Å². The number of aromatic amines is 1. The molecule has 0 atom stereocenters. The third-order valence-corrected chi connectivity index (χ3v) is 8.79. The Balaban J connectivity index is 1.36. The van der Waals surface area contributed by atoms with Crippen molar-refractivity contribution >= 4 is 69.7 Å². The fraction of sp³-hybridized carbons (Fsp3) is 0.0968. The number of carboxylic acid groups (broad SMARTS) is 1. The number of hydrogen-bond donors (Lipinski definition) is 4. The fourth-order valence-corrected chi connectivity index (χ4v) is 5.90. The average molecular weight is 758 g/mol. The van der Waals surface area contributed by atoms with Crippen molar-refractivity contribution in [1.82, 2.24) is 39.5 Å². The number of phenols is 2. The van der Waals surface area contributed by atoms with E-state index >= 15 is 0 Å². The van der Waals surface area contributed by atoms with Gasteiger partial charge in [0, 0.05) is 11.1 Å².